The van der Waals surface area contributed by atoms with E-state index in [1.165, 1.54) is 0 Å². The number of nitrogens with zero attached hydrogens (tertiary/aromatic N) is 1. The summed E-state index contributed by atoms with van der Waals surface area (Å²) in [5.41, 5.74) is -0.465. The third kappa shape index (κ3) is 4.25. The van der Waals surface area contributed by atoms with Crippen LogP contribution in [-0.2, 0) is 4.79 Å². The molecule has 1 saturated heterocycles. The first-order valence-electron chi connectivity index (χ1n) is 7.21. The molecule has 0 aromatic heterocycles. The maximum absolute atomic E-state index is 11.3. The number of unbranched alkanes of at least 4 members (excludes halogenated alkanes) is 3. The number of rotatable bonds is 8. The molecular weight excluding hydrogens is 230 g/mol. The highest BCUT2D eigenvalue weighted by molar-refractivity contribution is 5.74. The molecule has 1 aliphatic rings. The van der Waals surface area contributed by atoms with Gasteiger partial charge >= 0.3 is 5.97 Å². The molecule has 106 valence electrons. The monoisotopic (exact) mass is 257 g/mol. The van der Waals surface area contributed by atoms with Crippen LogP contribution in [0.25, 0.3) is 0 Å². The fourth-order valence-corrected chi connectivity index (χ4v) is 2.72. The van der Waals surface area contributed by atoms with E-state index in [0.717, 1.165) is 64.6 Å². The molecule has 2 N–H and O–H groups in total. The lowest BCUT2D eigenvalue weighted by Crippen LogP contribution is -2.44. The first-order valence-corrected chi connectivity index (χ1v) is 7.21. The van der Waals surface area contributed by atoms with Gasteiger partial charge < -0.3 is 15.1 Å². The van der Waals surface area contributed by atoms with E-state index in [9.17, 15) is 9.90 Å². The van der Waals surface area contributed by atoms with Gasteiger partial charge in [-0.2, -0.15) is 0 Å². The highest BCUT2D eigenvalue weighted by atomic mass is 16.4. The SMILES string of the molecule is CCC1(C(=O)O)CCN(CCCCCCO)CC1. The average Bonchev–Trinajstić information content (AvgIpc) is 2.39. The topological polar surface area (TPSA) is 60.8 Å². The largest absolute Gasteiger partial charge is 0.481 e. The molecule has 18 heavy (non-hydrogen) atoms. The van der Waals surface area contributed by atoms with Crippen molar-refractivity contribution in [3.63, 3.8) is 0 Å². The summed E-state index contributed by atoms with van der Waals surface area (Å²) in [7, 11) is 0. The second-order valence-corrected chi connectivity index (χ2v) is 5.42. The molecule has 0 amide bonds. The Morgan fingerprint density at radius 1 is 1.17 bits per heavy atom. The normalized spacial score (nSPS) is 19.9. The molecule has 0 bridgehead atoms. The second kappa shape index (κ2) is 7.74. The van der Waals surface area contributed by atoms with Crippen molar-refractivity contribution in [2.24, 2.45) is 5.41 Å². The summed E-state index contributed by atoms with van der Waals surface area (Å²) in [4.78, 5) is 13.7. The van der Waals surface area contributed by atoms with Gasteiger partial charge in [-0.1, -0.05) is 19.8 Å². The summed E-state index contributed by atoms with van der Waals surface area (Å²) < 4.78 is 0. The van der Waals surface area contributed by atoms with Gasteiger partial charge in [0.25, 0.3) is 0 Å². The van der Waals surface area contributed by atoms with Gasteiger partial charge in [-0.3, -0.25) is 4.79 Å². The van der Waals surface area contributed by atoms with E-state index in [4.69, 9.17) is 5.11 Å². The molecular formula is C14H27NO3. The zero-order valence-corrected chi connectivity index (χ0v) is 11.5. The number of hydrogen-bond acceptors (Lipinski definition) is 3. The Balaban J connectivity index is 2.20. The Bertz CT molecular complexity index is 247. The summed E-state index contributed by atoms with van der Waals surface area (Å²) in [6.45, 7) is 5.19. The predicted octanol–water partition coefficient (Wildman–Crippen LogP) is 2.12. The van der Waals surface area contributed by atoms with Crippen LogP contribution in [0.5, 0.6) is 0 Å². The highest BCUT2D eigenvalue weighted by Crippen LogP contribution is 2.35. The number of likely N-dealkylation sites (tertiary alicyclic amines) is 1. The lowest BCUT2D eigenvalue weighted by atomic mass is 9.76. The molecule has 0 spiro atoms. The van der Waals surface area contributed by atoms with Crippen molar-refractivity contribution in [1.29, 1.82) is 0 Å². The lowest BCUT2D eigenvalue weighted by Gasteiger charge is -2.38. The first kappa shape index (κ1) is 15.4. The Labute approximate surface area is 110 Å². The van der Waals surface area contributed by atoms with E-state index in [1.807, 2.05) is 6.92 Å². The molecule has 0 unspecified atom stereocenters. The quantitative estimate of drug-likeness (QED) is 0.654. The third-order valence-corrected chi connectivity index (χ3v) is 4.33. The zero-order chi connectivity index (χ0) is 13.4. The number of carboxylic acids is 1. The summed E-state index contributed by atoms with van der Waals surface area (Å²) in [6, 6.07) is 0. The maximum Gasteiger partial charge on any atom is 0.309 e. The molecule has 0 aliphatic carbocycles. The van der Waals surface area contributed by atoms with Crippen molar-refractivity contribution < 1.29 is 15.0 Å². The molecule has 0 aromatic rings. The van der Waals surface area contributed by atoms with Crippen LogP contribution >= 0.6 is 0 Å². The molecule has 1 rings (SSSR count). The van der Waals surface area contributed by atoms with Crippen molar-refractivity contribution in [2.45, 2.75) is 51.9 Å². The standard InChI is InChI=1S/C14H27NO3/c1-2-14(13(17)18)7-10-15(11-8-14)9-5-3-4-6-12-16/h16H,2-12H2,1H3,(H,17,18). The van der Waals surface area contributed by atoms with Crippen LogP contribution in [0.1, 0.15) is 51.9 Å². The van der Waals surface area contributed by atoms with Gasteiger partial charge in [0.1, 0.15) is 0 Å². The van der Waals surface area contributed by atoms with Crippen molar-refractivity contribution in [2.75, 3.05) is 26.2 Å². The highest BCUT2D eigenvalue weighted by Gasteiger charge is 2.39. The molecule has 0 saturated carbocycles. The maximum atomic E-state index is 11.3. The van der Waals surface area contributed by atoms with Crippen molar-refractivity contribution in [1.82, 2.24) is 4.90 Å². The van der Waals surface area contributed by atoms with Gasteiger partial charge in [0.05, 0.1) is 5.41 Å². The molecule has 0 radical (unpaired) electrons. The Hall–Kier alpha value is -0.610. The number of piperidine rings is 1. The van der Waals surface area contributed by atoms with E-state index < -0.39 is 11.4 Å². The van der Waals surface area contributed by atoms with E-state index in [2.05, 4.69) is 4.90 Å². The van der Waals surface area contributed by atoms with E-state index in [0.29, 0.717) is 6.61 Å². The Morgan fingerprint density at radius 2 is 1.78 bits per heavy atom. The van der Waals surface area contributed by atoms with Gasteiger partial charge in [0, 0.05) is 6.61 Å². The van der Waals surface area contributed by atoms with Crippen LogP contribution in [0.15, 0.2) is 0 Å². The fraction of sp³-hybridized carbons (Fsp3) is 0.929. The van der Waals surface area contributed by atoms with Crippen LogP contribution in [0.3, 0.4) is 0 Å². The number of aliphatic carboxylic acids is 1. The minimum absolute atomic E-state index is 0.293. The fourth-order valence-electron chi connectivity index (χ4n) is 2.72. The van der Waals surface area contributed by atoms with Crippen molar-refractivity contribution in [3.05, 3.63) is 0 Å². The van der Waals surface area contributed by atoms with E-state index >= 15 is 0 Å². The van der Waals surface area contributed by atoms with Crippen LogP contribution in [0, 0.1) is 5.41 Å². The van der Waals surface area contributed by atoms with Gasteiger partial charge in [0.15, 0.2) is 0 Å². The minimum atomic E-state index is -0.618. The molecule has 1 aliphatic heterocycles. The summed E-state index contributed by atoms with van der Waals surface area (Å²) in [6.07, 6.45) is 6.63. The van der Waals surface area contributed by atoms with Crippen LogP contribution < -0.4 is 0 Å². The third-order valence-electron chi connectivity index (χ3n) is 4.33. The van der Waals surface area contributed by atoms with Crippen molar-refractivity contribution >= 4 is 5.97 Å². The number of aliphatic hydroxyl groups is 1. The van der Waals surface area contributed by atoms with Gasteiger partial charge in [-0.15, -0.1) is 0 Å². The Kier molecular flexibility index (Phi) is 6.65. The van der Waals surface area contributed by atoms with Crippen LogP contribution in [-0.4, -0.2) is 47.3 Å². The lowest BCUT2D eigenvalue weighted by molar-refractivity contribution is -0.152. The predicted molar refractivity (Wildman–Crippen MR) is 71.6 cm³/mol. The smallest absolute Gasteiger partial charge is 0.309 e. The first-order chi connectivity index (χ1) is 8.64. The summed E-state index contributed by atoms with van der Waals surface area (Å²) in [5, 5.41) is 18.0. The summed E-state index contributed by atoms with van der Waals surface area (Å²) >= 11 is 0. The van der Waals surface area contributed by atoms with Gasteiger partial charge in [0.2, 0.25) is 0 Å². The number of carbonyl (C=O) groups is 1. The van der Waals surface area contributed by atoms with Gasteiger partial charge in [-0.25, -0.2) is 0 Å². The number of hydrogen-bond donors (Lipinski definition) is 2. The van der Waals surface area contributed by atoms with Gasteiger partial charge in [-0.05, 0) is 51.7 Å². The van der Waals surface area contributed by atoms with E-state index in [1.54, 1.807) is 0 Å². The number of aliphatic hydroxyl groups excluding tert-OH is 1. The second-order valence-electron chi connectivity index (χ2n) is 5.42. The van der Waals surface area contributed by atoms with Crippen molar-refractivity contribution in [3.8, 4) is 0 Å². The zero-order valence-electron chi connectivity index (χ0n) is 11.5. The number of carboxylic acid groups (broad SMARTS) is 1. The van der Waals surface area contributed by atoms with E-state index in [-0.39, 0.29) is 0 Å². The molecule has 1 fully saturated rings. The molecule has 4 nitrogen and oxygen atoms in total. The average molecular weight is 257 g/mol. The minimum Gasteiger partial charge on any atom is -0.481 e. The molecule has 0 aromatic carbocycles. The Morgan fingerprint density at radius 3 is 2.28 bits per heavy atom. The molecule has 0 atom stereocenters. The molecule has 4 heteroatoms. The molecule has 1 heterocycles. The summed E-state index contributed by atoms with van der Waals surface area (Å²) in [5.74, 6) is -0.618. The van der Waals surface area contributed by atoms with Crippen LogP contribution in [0.4, 0.5) is 0 Å². The van der Waals surface area contributed by atoms with Crippen LogP contribution in [0.2, 0.25) is 0 Å².